The first-order chi connectivity index (χ1) is 5.27. The maximum atomic E-state index is 5.40. The van der Waals surface area contributed by atoms with Gasteiger partial charge >= 0.3 is 17.1 Å². The Labute approximate surface area is 83.3 Å². The van der Waals surface area contributed by atoms with Crippen molar-refractivity contribution in [3.05, 3.63) is 11.0 Å². The van der Waals surface area contributed by atoms with Gasteiger partial charge in [-0.15, -0.1) is 0 Å². The number of nitrogen functional groups attached to an aromatic ring is 1. The van der Waals surface area contributed by atoms with E-state index in [1.54, 1.807) is 0 Å². The van der Waals surface area contributed by atoms with Crippen molar-refractivity contribution in [2.75, 3.05) is 5.73 Å². The third kappa shape index (κ3) is 1.34. The summed E-state index contributed by atoms with van der Waals surface area (Å²) in [5.74, 6) is 0.287. The first-order valence-electron chi connectivity index (χ1n) is 2.96. The second-order valence-electron chi connectivity index (χ2n) is 2.05. The van der Waals surface area contributed by atoms with Gasteiger partial charge in [-0.25, -0.2) is 9.97 Å². The molecule has 7 heteroatoms. The molecule has 5 nitrogen and oxygen atoms in total. The largest absolute Gasteiger partial charge is 2.00 e. The number of rotatable bonds is 0. The topological polar surface area (TPSA) is 83.4 Å². The number of aromatic amines is 2. The fourth-order valence-electron chi connectivity index (χ4n) is 0.867. The minimum absolute atomic E-state index is 0. The van der Waals surface area contributed by atoms with Crippen molar-refractivity contribution in [1.82, 2.24) is 19.9 Å². The zero-order chi connectivity index (χ0) is 7.84. The van der Waals surface area contributed by atoms with Crippen LogP contribution in [0.1, 0.15) is 0 Å². The molecule has 65 valence electrons. The predicted molar refractivity (Wildman–Crippen MR) is 43.5 cm³/mol. The van der Waals surface area contributed by atoms with E-state index >= 15 is 0 Å². The monoisotopic (exact) mass is 230 g/mol. The summed E-state index contributed by atoms with van der Waals surface area (Å²) < 4.78 is 0.439. The van der Waals surface area contributed by atoms with Crippen LogP contribution in [0.2, 0.25) is 0 Å². The number of H-pyrrole nitrogens is 2. The number of fused-ring (bicyclic) bond motifs is 1. The molecule has 0 aliphatic heterocycles. The summed E-state index contributed by atoms with van der Waals surface area (Å²) in [5.41, 5.74) is 6.75. The van der Waals surface area contributed by atoms with E-state index in [1.165, 1.54) is 6.33 Å². The molecule has 2 rings (SSSR count). The Morgan fingerprint density at radius 3 is 3.00 bits per heavy atom. The quantitative estimate of drug-likeness (QED) is 0.457. The van der Waals surface area contributed by atoms with Crippen LogP contribution in [-0.4, -0.2) is 19.9 Å². The zero-order valence-electron chi connectivity index (χ0n) is 5.76. The van der Waals surface area contributed by atoms with Gasteiger partial charge in [0.25, 0.3) is 0 Å². The molecule has 12 heavy (non-hydrogen) atoms. The minimum atomic E-state index is 0. The van der Waals surface area contributed by atoms with Crippen LogP contribution in [0, 0.1) is 4.64 Å². The van der Waals surface area contributed by atoms with Crippen molar-refractivity contribution in [1.29, 1.82) is 0 Å². The summed E-state index contributed by atoms with van der Waals surface area (Å²) in [6.07, 6.45) is 1.54. The Hall–Kier alpha value is -0.911. The van der Waals surface area contributed by atoms with E-state index in [0.717, 1.165) is 0 Å². The van der Waals surface area contributed by atoms with Gasteiger partial charge in [0, 0.05) is 0 Å². The van der Waals surface area contributed by atoms with Crippen molar-refractivity contribution in [3.63, 3.8) is 0 Å². The molecular weight excluding hydrogens is 226 g/mol. The Kier molecular flexibility index (Phi) is 2.46. The summed E-state index contributed by atoms with van der Waals surface area (Å²) in [4.78, 5) is 13.4. The molecule has 0 unspecified atom stereocenters. The molecule has 0 saturated carbocycles. The maximum absolute atomic E-state index is 5.40. The van der Waals surface area contributed by atoms with E-state index < -0.39 is 0 Å². The minimum Gasteiger partial charge on any atom is -0.369 e. The molecule has 0 aromatic carbocycles. The Morgan fingerprint density at radius 1 is 1.50 bits per heavy atom. The Morgan fingerprint density at radius 2 is 2.25 bits per heavy atom. The van der Waals surface area contributed by atoms with Crippen molar-refractivity contribution in [3.8, 4) is 0 Å². The molecule has 2 aromatic heterocycles. The second kappa shape index (κ2) is 3.22. The number of nitrogens with two attached hydrogens (primary N) is 1. The van der Waals surface area contributed by atoms with E-state index in [0.29, 0.717) is 15.8 Å². The van der Waals surface area contributed by atoms with Gasteiger partial charge in [0.1, 0.15) is 5.52 Å². The number of hydrogen-bond donors (Lipinski definition) is 3. The third-order valence-corrected chi connectivity index (χ3v) is 1.62. The van der Waals surface area contributed by atoms with E-state index in [9.17, 15) is 0 Å². The van der Waals surface area contributed by atoms with Crippen LogP contribution in [0.15, 0.2) is 6.33 Å². The summed E-state index contributed by atoms with van der Waals surface area (Å²) in [7, 11) is 0. The van der Waals surface area contributed by atoms with Crippen LogP contribution in [0.4, 0.5) is 5.95 Å². The van der Waals surface area contributed by atoms with Gasteiger partial charge in [-0.05, 0) is 0 Å². The molecule has 1 radical (unpaired) electrons. The summed E-state index contributed by atoms with van der Waals surface area (Å²) in [6.45, 7) is 0. The molecule has 0 fully saturated rings. The normalized spacial score (nSPS) is 9.67. The first kappa shape index (κ1) is 9.18. The van der Waals surface area contributed by atoms with Gasteiger partial charge in [-0.1, -0.05) is 12.2 Å². The van der Waals surface area contributed by atoms with Crippen LogP contribution < -0.4 is 5.73 Å². The van der Waals surface area contributed by atoms with Gasteiger partial charge in [0.2, 0.25) is 5.95 Å². The van der Waals surface area contributed by atoms with Crippen LogP contribution >= 0.6 is 12.2 Å². The van der Waals surface area contributed by atoms with Gasteiger partial charge in [0.15, 0.2) is 10.3 Å². The van der Waals surface area contributed by atoms with Gasteiger partial charge in [-0.2, -0.15) is 0 Å². The van der Waals surface area contributed by atoms with Crippen LogP contribution in [0.5, 0.6) is 0 Å². The predicted octanol–water partition coefficient (Wildman–Crippen LogP) is 0.595. The molecule has 2 heterocycles. The van der Waals surface area contributed by atoms with Gasteiger partial charge in [0.05, 0.1) is 6.33 Å². The number of nitrogens with one attached hydrogen (secondary N) is 2. The molecule has 0 amide bonds. The molecule has 0 atom stereocenters. The Balaban J connectivity index is 0.000000720. The third-order valence-electron chi connectivity index (χ3n) is 1.32. The summed E-state index contributed by atoms with van der Waals surface area (Å²) in [5, 5.41) is 0. The van der Waals surface area contributed by atoms with Gasteiger partial charge < -0.3 is 15.7 Å². The average Bonchev–Trinajstić information content (AvgIpc) is 2.34. The summed E-state index contributed by atoms with van der Waals surface area (Å²) in [6, 6.07) is 0. The number of nitrogens with zero attached hydrogens (tertiary/aromatic N) is 2. The molecule has 0 bridgehead atoms. The van der Waals surface area contributed by atoms with Crippen LogP contribution in [0.25, 0.3) is 11.2 Å². The zero-order valence-corrected chi connectivity index (χ0v) is 7.52. The number of hydrogen-bond acceptors (Lipinski definition) is 4. The maximum Gasteiger partial charge on any atom is 2.00 e. The summed E-state index contributed by atoms with van der Waals surface area (Å²) >= 11 is 4.91. The number of anilines is 1. The van der Waals surface area contributed by atoms with Crippen LogP contribution in [0.3, 0.4) is 0 Å². The van der Waals surface area contributed by atoms with E-state index in [4.69, 9.17) is 18.0 Å². The Bertz CT molecular complexity index is 446. The molecule has 2 aromatic rings. The fourth-order valence-corrected chi connectivity index (χ4v) is 1.12. The molecule has 4 N–H and O–H groups in total. The molecule has 0 aliphatic carbocycles. The fraction of sp³-hybridized carbons (Fsp3) is 0. The molecule has 0 saturated heterocycles. The van der Waals surface area contributed by atoms with Crippen molar-refractivity contribution in [2.24, 2.45) is 0 Å². The standard InChI is InChI=1S/C5H5N5S.Cu/c6-5-9-3-2(4(11)10-5)7-1-8-3;/h1H,(H4,6,7,8,9,10,11);/q;+2. The molecule has 0 aliphatic rings. The van der Waals surface area contributed by atoms with Crippen molar-refractivity contribution < 1.29 is 17.1 Å². The molecular formula is C5H5CuN5S+2. The SMILES string of the molecule is Nc1nc(=S)c2[nH]cnc2[nH]1.[Cu+2]. The smallest absolute Gasteiger partial charge is 0.369 e. The van der Waals surface area contributed by atoms with Crippen LogP contribution in [-0.2, 0) is 17.1 Å². The van der Waals surface area contributed by atoms with E-state index in [-0.39, 0.29) is 23.0 Å². The second-order valence-corrected chi connectivity index (χ2v) is 2.44. The van der Waals surface area contributed by atoms with Crippen molar-refractivity contribution >= 4 is 29.3 Å². The van der Waals surface area contributed by atoms with Gasteiger partial charge in [-0.3, -0.25) is 0 Å². The number of imidazole rings is 1. The average molecular weight is 231 g/mol. The van der Waals surface area contributed by atoms with E-state index in [1.807, 2.05) is 0 Å². The van der Waals surface area contributed by atoms with Crippen molar-refractivity contribution in [2.45, 2.75) is 0 Å². The van der Waals surface area contributed by atoms with E-state index in [2.05, 4.69) is 19.9 Å². The number of aromatic nitrogens is 4. The first-order valence-corrected chi connectivity index (χ1v) is 3.37. The molecule has 0 spiro atoms.